The SMILES string of the molecule is CC(C)N1C(=O)CCC(N)C1c1cccc(Br)c1. The van der Waals surface area contributed by atoms with E-state index in [0.29, 0.717) is 6.42 Å². The van der Waals surface area contributed by atoms with Gasteiger partial charge in [0.2, 0.25) is 5.91 Å². The van der Waals surface area contributed by atoms with Gasteiger partial charge in [-0.1, -0.05) is 28.1 Å². The molecule has 1 heterocycles. The lowest BCUT2D eigenvalue weighted by molar-refractivity contribution is -0.139. The first kappa shape index (κ1) is 13.6. The summed E-state index contributed by atoms with van der Waals surface area (Å²) in [4.78, 5) is 14.0. The number of likely N-dealkylation sites (tertiary alicyclic amines) is 1. The number of piperidine rings is 1. The van der Waals surface area contributed by atoms with E-state index in [0.717, 1.165) is 16.5 Å². The van der Waals surface area contributed by atoms with Crippen LogP contribution in [0.4, 0.5) is 0 Å². The molecule has 98 valence electrons. The molecule has 0 bridgehead atoms. The summed E-state index contributed by atoms with van der Waals surface area (Å²) in [6, 6.07) is 8.25. The highest BCUT2D eigenvalue weighted by molar-refractivity contribution is 9.10. The second-order valence-corrected chi connectivity index (χ2v) is 6.01. The summed E-state index contributed by atoms with van der Waals surface area (Å²) >= 11 is 3.48. The van der Waals surface area contributed by atoms with Gasteiger partial charge in [0.1, 0.15) is 0 Å². The van der Waals surface area contributed by atoms with Crippen molar-refractivity contribution >= 4 is 21.8 Å². The Labute approximate surface area is 116 Å². The second-order valence-electron chi connectivity index (χ2n) is 5.10. The minimum Gasteiger partial charge on any atom is -0.332 e. The Kier molecular flexibility index (Phi) is 4.07. The van der Waals surface area contributed by atoms with Crippen molar-refractivity contribution in [3.05, 3.63) is 34.3 Å². The fourth-order valence-electron chi connectivity index (χ4n) is 2.65. The molecular formula is C14H19BrN2O. The Morgan fingerprint density at radius 2 is 2.17 bits per heavy atom. The summed E-state index contributed by atoms with van der Waals surface area (Å²) in [6.45, 7) is 4.09. The minimum absolute atomic E-state index is 0.0104. The monoisotopic (exact) mass is 310 g/mol. The van der Waals surface area contributed by atoms with Crippen LogP contribution >= 0.6 is 15.9 Å². The van der Waals surface area contributed by atoms with Crippen LogP contribution in [0.2, 0.25) is 0 Å². The van der Waals surface area contributed by atoms with E-state index in [4.69, 9.17) is 5.73 Å². The van der Waals surface area contributed by atoms with Crippen LogP contribution in [0.25, 0.3) is 0 Å². The Balaban J connectivity index is 2.39. The third kappa shape index (κ3) is 2.59. The molecule has 0 spiro atoms. The van der Waals surface area contributed by atoms with Gasteiger partial charge in [0.15, 0.2) is 0 Å². The van der Waals surface area contributed by atoms with E-state index in [9.17, 15) is 4.79 Å². The van der Waals surface area contributed by atoms with Gasteiger partial charge in [-0.3, -0.25) is 4.79 Å². The van der Waals surface area contributed by atoms with Crippen LogP contribution in [-0.2, 0) is 4.79 Å². The molecule has 18 heavy (non-hydrogen) atoms. The normalized spacial score (nSPS) is 24.7. The molecule has 1 aliphatic rings. The first-order valence-corrected chi connectivity index (χ1v) is 7.12. The van der Waals surface area contributed by atoms with Gasteiger partial charge < -0.3 is 10.6 Å². The molecule has 1 aromatic rings. The number of nitrogens with two attached hydrogens (primary N) is 1. The van der Waals surface area contributed by atoms with Gasteiger partial charge in [0.25, 0.3) is 0 Å². The maximum Gasteiger partial charge on any atom is 0.223 e. The number of hydrogen-bond donors (Lipinski definition) is 1. The van der Waals surface area contributed by atoms with Crippen molar-refractivity contribution in [3.63, 3.8) is 0 Å². The molecule has 1 aliphatic heterocycles. The molecule has 2 atom stereocenters. The third-order valence-corrected chi connectivity index (χ3v) is 3.92. The number of hydrogen-bond acceptors (Lipinski definition) is 2. The number of benzene rings is 1. The van der Waals surface area contributed by atoms with Crippen molar-refractivity contribution in [1.82, 2.24) is 4.90 Å². The van der Waals surface area contributed by atoms with Crippen LogP contribution in [0, 0.1) is 0 Å². The van der Waals surface area contributed by atoms with Gasteiger partial charge in [-0.2, -0.15) is 0 Å². The zero-order chi connectivity index (χ0) is 13.3. The molecule has 1 fully saturated rings. The van der Waals surface area contributed by atoms with E-state index in [1.807, 2.05) is 36.9 Å². The standard InChI is InChI=1S/C14H19BrN2O/c1-9(2)17-13(18)7-6-12(16)14(17)10-4-3-5-11(15)8-10/h3-5,8-9,12,14H,6-7,16H2,1-2H3. The van der Waals surface area contributed by atoms with E-state index in [1.54, 1.807) is 0 Å². The number of rotatable bonds is 2. The Morgan fingerprint density at radius 3 is 2.78 bits per heavy atom. The first-order chi connectivity index (χ1) is 8.50. The maximum atomic E-state index is 12.1. The smallest absolute Gasteiger partial charge is 0.223 e. The molecule has 1 aromatic carbocycles. The average Bonchev–Trinajstić information content (AvgIpc) is 2.31. The number of carbonyl (C=O) groups excluding carboxylic acids is 1. The molecular weight excluding hydrogens is 292 g/mol. The molecule has 3 nitrogen and oxygen atoms in total. The van der Waals surface area contributed by atoms with Gasteiger partial charge in [-0.25, -0.2) is 0 Å². The molecule has 0 aliphatic carbocycles. The second kappa shape index (κ2) is 5.41. The largest absolute Gasteiger partial charge is 0.332 e. The highest BCUT2D eigenvalue weighted by atomic mass is 79.9. The van der Waals surface area contributed by atoms with Crippen LogP contribution in [0.5, 0.6) is 0 Å². The lowest BCUT2D eigenvalue weighted by Crippen LogP contribution is -2.51. The third-order valence-electron chi connectivity index (χ3n) is 3.43. The van der Waals surface area contributed by atoms with Crippen molar-refractivity contribution in [1.29, 1.82) is 0 Å². The van der Waals surface area contributed by atoms with E-state index in [-0.39, 0.29) is 24.0 Å². The fourth-order valence-corrected chi connectivity index (χ4v) is 3.06. The summed E-state index contributed by atoms with van der Waals surface area (Å²) in [6.07, 6.45) is 1.32. The van der Waals surface area contributed by atoms with E-state index in [1.165, 1.54) is 0 Å². The predicted octanol–water partition coefficient (Wildman–Crippen LogP) is 2.85. The van der Waals surface area contributed by atoms with E-state index >= 15 is 0 Å². The van der Waals surface area contributed by atoms with Gasteiger partial charge in [-0.15, -0.1) is 0 Å². The topological polar surface area (TPSA) is 46.3 Å². The Morgan fingerprint density at radius 1 is 1.44 bits per heavy atom. The molecule has 0 radical (unpaired) electrons. The van der Waals surface area contributed by atoms with Crippen LogP contribution in [0.3, 0.4) is 0 Å². The van der Waals surface area contributed by atoms with Crippen molar-refractivity contribution in [2.75, 3.05) is 0 Å². The Bertz CT molecular complexity index is 447. The molecule has 1 amide bonds. The summed E-state index contributed by atoms with van der Waals surface area (Å²) in [5, 5.41) is 0. The van der Waals surface area contributed by atoms with Crippen molar-refractivity contribution in [2.45, 2.75) is 44.8 Å². The van der Waals surface area contributed by atoms with Gasteiger partial charge in [-0.05, 0) is 38.0 Å². The quantitative estimate of drug-likeness (QED) is 0.913. The van der Waals surface area contributed by atoms with Crippen molar-refractivity contribution in [2.24, 2.45) is 5.73 Å². The lowest BCUT2D eigenvalue weighted by atomic mass is 9.89. The summed E-state index contributed by atoms with van der Waals surface area (Å²) in [7, 11) is 0. The van der Waals surface area contributed by atoms with Crippen LogP contribution < -0.4 is 5.73 Å². The highest BCUT2D eigenvalue weighted by Crippen LogP contribution is 2.33. The van der Waals surface area contributed by atoms with Gasteiger partial charge in [0, 0.05) is 23.0 Å². The Hall–Kier alpha value is -0.870. The minimum atomic E-state index is -0.0104. The number of amides is 1. The van der Waals surface area contributed by atoms with Crippen LogP contribution in [0.1, 0.15) is 38.3 Å². The van der Waals surface area contributed by atoms with E-state index < -0.39 is 0 Å². The maximum absolute atomic E-state index is 12.1. The predicted molar refractivity (Wildman–Crippen MR) is 76.1 cm³/mol. The van der Waals surface area contributed by atoms with Crippen molar-refractivity contribution < 1.29 is 4.79 Å². The molecule has 0 saturated carbocycles. The lowest BCUT2D eigenvalue weighted by Gasteiger charge is -2.42. The highest BCUT2D eigenvalue weighted by Gasteiger charge is 2.36. The molecule has 2 unspecified atom stereocenters. The average molecular weight is 311 g/mol. The van der Waals surface area contributed by atoms with Crippen molar-refractivity contribution in [3.8, 4) is 0 Å². The number of halogens is 1. The molecule has 2 N–H and O–H groups in total. The summed E-state index contributed by atoms with van der Waals surface area (Å²) in [5.41, 5.74) is 7.35. The summed E-state index contributed by atoms with van der Waals surface area (Å²) in [5.74, 6) is 0.205. The molecule has 1 saturated heterocycles. The molecule has 2 rings (SSSR count). The number of nitrogens with zero attached hydrogens (tertiary/aromatic N) is 1. The fraction of sp³-hybridized carbons (Fsp3) is 0.500. The van der Waals surface area contributed by atoms with Gasteiger partial charge in [0.05, 0.1) is 6.04 Å². The summed E-state index contributed by atoms with van der Waals surface area (Å²) < 4.78 is 1.02. The van der Waals surface area contributed by atoms with Crippen LogP contribution in [-0.4, -0.2) is 22.9 Å². The molecule has 0 aromatic heterocycles. The first-order valence-electron chi connectivity index (χ1n) is 6.33. The van der Waals surface area contributed by atoms with Crippen LogP contribution in [0.15, 0.2) is 28.7 Å². The zero-order valence-electron chi connectivity index (χ0n) is 10.8. The molecule has 4 heteroatoms. The van der Waals surface area contributed by atoms with Gasteiger partial charge >= 0.3 is 0 Å². The number of carbonyl (C=O) groups is 1. The van der Waals surface area contributed by atoms with E-state index in [2.05, 4.69) is 22.0 Å². The zero-order valence-corrected chi connectivity index (χ0v) is 12.4.